The number of nitrogens with one attached hydrogen (secondary N) is 1. The molecule has 152 valence electrons. The lowest BCUT2D eigenvalue weighted by molar-refractivity contribution is -0.141. The molecule has 1 saturated heterocycles. The highest BCUT2D eigenvalue weighted by Gasteiger charge is 2.23. The molecule has 0 spiro atoms. The summed E-state index contributed by atoms with van der Waals surface area (Å²) in [4.78, 5) is 38.4. The van der Waals surface area contributed by atoms with Crippen molar-refractivity contribution < 1.29 is 23.9 Å². The summed E-state index contributed by atoms with van der Waals surface area (Å²) in [6.45, 7) is 0.653. The van der Waals surface area contributed by atoms with Crippen molar-refractivity contribution >= 4 is 23.5 Å². The Bertz CT molecular complexity index is 894. The first-order chi connectivity index (χ1) is 14.0. The number of anilines is 1. The Morgan fingerprint density at radius 2 is 1.90 bits per heavy atom. The number of methoxy groups -OCH3 is 2. The van der Waals surface area contributed by atoms with E-state index in [-0.39, 0.29) is 18.2 Å². The molecule has 2 aromatic rings. The van der Waals surface area contributed by atoms with Gasteiger partial charge in [-0.2, -0.15) is 0 Å². The Morgan fingerprint density at radius 1 is 1.14 bits per heavy atom. The van der Waals surface area contributed by atoms with E-state index in [9.17, 15) is 14.4 Å². The predicted octanol–water partition coefficient (Wildman–Crippen LogP) is 2.86. The average Bonchev–Trinajstić information content (AvgIpc) is 3.19. The van der Waals surface area contributed by atoms with Crippen LogP contribution in [0.15, 0.2) is 48.5 Å². The molecule has 0 saturated carbocycles. The van der Waals surface area contributed by atoms with Crippen LogP contribution in [0.25, 0.3) is 0 Å². The third-order valence-corrected chi connectivity index (χ3v) is 4.92. The van der Waals surface area contributed by atoms with Crippen LogP contribution in [-0.4, -0.2) is 38.5 Å². The van der Waals surface area contributed by atoms with Gasteiger partial charge in [0.15, 0.2) is 0 Å². The minimum absolute atomic E-state index is 0.00112. The molecule has 3 rings (SSSR count). The Morgan fingerprint density at radius 3 is 2.52 bits per heavy atom. The second-order valence-electron chi connectivity index (χ2n) is 6.78. The number of carbonyl (C=O) groups excluding carboxylic acids is 3. The first-order valence-electron chi connectivity index (χ1n) is 9.44. The summed E-state index contributed by atoms with van der Waals surface area (Å²) in [7, 11) is 2.88. The van der Waals surface area contributed by atoms with Crippen molar-refractivity contribution in [2.24, 2.45) is 0 Å². The summed E-state index contributed by atoms with van der Waals surface area (Å²) in [5.74, 6) is -0.0185. The molecular weight excluding hydrogens is 372 g/mol. The first kappa shape index (κ1) is 20.4. The summed E-state index contributed by atoms with van der Waals surface area (Å²) >= 11 is 0. The second kappa shape index (κ2) is 9.23. The van der Waals surface area contributed by atoms with Crippen LogP contribution in [0.5, 0.6) is 5.75 Å². The molecule has 1 aliphatic rings. The standard InChI is InChI=1S/C22H24N2O5/c1-28-18-10-8-15(9-11-18)19(14-21(26)29-2)23-22(27)16-5-3-6-17(13-16)24-12-4-7-20(24)25/h3,5-6,8-11,13,19H,4,7,12,14H2,1-2H3,(H,23,27)/t19-/m0/s1. The van der Waals surface area contributed by atoms with E-state index in [2.05, 4.69) is 5.32 Å². The van der Waals surface area contributed by atoms with Crippen molar-refractivity contribution in [3.05, 3.63) is 59.7 Å². The van der Waals surface area contributed by atoms with E-state index < -0.39 is 12.0 Å². The maximum absolute atomic E-state index is 12.9. The molecule has 0 aliphatic carbocycles. The molecule has 1 atom stereocenters. The highest BCUT2D eigenvalue weighted by Crippen LogP contribution is 2.24. The molecule has 7 nitrogen and oxygen atoms in total. The van der Waals surface area contributed by atoms with E-state index in [1.54, 1.807) is 54.5 Å². The molecule has 0 radical (unpaired) electrons. The monoisotopic (exact) mass is 396 g/mol. The van der Waals surface area contributed by atoms with Crippen molar-refractivity contribution in [2.75, 3.05) is 25.7 Å². The van der Waals surface area contributed by atoms with Gasteiger partial charge in [-0.3, -0.25) is 14.4 Å². The summed E-state index contributed by atoms with van der Waals surface area (Å²) < 4.78 is 9.93. The van der Waals surface area contributed by atoms with Gasteiger partial charge in [-0.25, -0.2) is 0 Å². The predicted molar refractivity (Wildman–Crippen MR) is 108 cm³/mol. The van der Waals surface area contributed by atoms with Gasteiger partial charge >= 0.3 is 5.97 Å². The van der Waals surface area contributed by atoms with Gasteiger partial charge < -0.3 is 19.7 Å². The van der Waals surface area contributed by atoms with Crippen molar-refractivity contribution in [3.63, 3.8) is 0 Å². The Kier molecular flexibility index (Phi) is 6.49. The minimum atomic E-state index is -0.557. The van der Waals surface area contributed by atoms with E-state index >= 15 is 0 Å². The van der Waals surface area contributed by atoms with Crippen LogP contribution >= 0.6 is 0 Å². The molecule has 0 unspecified atom stereocenters. The number of hydrogen-bond acceptors (Lipinski definition) is 5. The number of carbonyl (C=O) groups is 3. The SMILES string of the molecule is COC(=O)C[C@H](NC(=O)c1cccc(N2CCCC2=O)c1)c1ccc(OC)cc1. The van der Waals surface area contributed by atoms with E-state index in [0.717, 1.165) is 12.0 Å². The summed E-state index contributed by atoms with van der Waals surface area (Å²) in [5, 5.41) is 2.90. The second-order valence-corrected chi connectivity index (χ2v) is 6.78. The summed E-state index contributed by atoms with van der Waals surface area (Å²) in [6.07, 6.45) is 1.34. The number of rotatable bonds is 7. The number of benzene rings is 2. The number of amides is 2. The number of nitrogens with zero attached hydrogens (tertiary/aromatic N) is 1. The normalized spacial score (nSPS) is 14.4. The fourth-order valence-electron chi connectivity index (χ4n) is 3.32. The molecule has 1 fully saturated rings. The Balaban J connectivity index is 1.80. The first-order valence-corrected chi connectivity index (χ1v) is 9.44. The molecule has 0 bridgehead atoms. The van der Waals surface area contributed by atoms with Crippen LogP contribution < -0.4 is 15.0 Å². The van der Waals surface area contributed by atoms with Gasteiger partial charge in [0.25, 0.3) is 5.91 Å². The number of ether oxygens (including phenoxy) is 2. The molecule has 2 aromatic carbocycles. The molecule has 1 aliphatic heterocycles. The van der Waals surface area contributed by atoms with Crippen LogP contribution in [0.4, 0.5) is 5.69 Å². The lowest BCUT2D eigenvalue weighted by Gasteiger charge is -2.20. The zero-order chi connectivity index (χ0) is 20.8. The maximum atomic E-state index is 12.9. The van der Waals surface area contributed by atoms with Gasteiger partial charge in [0.05, 0.1) is 26.7 Å². The van der Waals surface area contributed by atoms with E-state index in [4.69, 9.17) is 9.47 Å². The van der Waals surface area contributed by atoms with Crippen LogP contribution in [-0.2, 0) is 14.3 Å². The number of esters is 1. The van der Waals surface area contributed by atoms with Gasteiger partial charge in [0, 0.05) is 24.2 Å². The largest absolute Gasteiger partial charge is 0.497 e. The fraction of sp³-hybridized carbons (Fsp3) is 0.318. The van der Waals surface area contributed by atoms with Gasteiger partial charge in [-0.1, -0.05) is 18.2 Å². The zero-order valence-corrected chi connectivity index (χ0v) is 16.5. The van der Waals surface area contributed by atoms with Crippen molar-refractivity contribution in [3.8, 4) is 5.75 Å². The molecule has 1 heterocycles. The lowest BCUT2D eigenvalue weighted by atomic mass is 10.0. The van der Waals surface area contributed by atoms with Crippen LogP contribution in [0.2, 0.25) is 0 Å². The highest BCUT2D eigenvalue weighted by atomic mass is 16.5. The van der Waals surface area contributed by atoms with E-state index in [1.165, 1.54) is 7.11 Å². The number of hydrogen-bond donors (Lipinski definition) is 1. The molecule has 29 heavy (non-hydrogen) atoms. The molecule has 7 heteroatoms. The van der Waals surface area contributed by atoms with Gasteiger partial charge in [-0.15, -0.1) is 0 Å². The summed E-state index contributed by atoms with van der Waals surface area (Å²) in [5.41, 5.74) is 1.88. The van der Waals surface area contributed by atoms with E-state index in [0.29, 0.717) is 30.0 Å². The molecule has 2 amide bonds. The topological polar surface area (TPSA) is 84.9 Å². The fourth-order valence-corrected chi connectivity index (χ4v) is 3.32. The average molecular weight is 396 g/mol. The quantitative estimate of drug-likeness (QED) is 0.728. The minimum Gasteiger partial charge on any atom is -0.497 e. The van der Waals surface area contributed by atoms with Crippen LogP contribution in [0.1, 0.15) is 41.2 Å². The smallest absolute Gasteiger partial charge is 0.307 e. The van der Waals surface area contributed by atoms with Gasteiger partial charge in [0.2, 0.25) is 5.91 Å². The third kappa shape index (κ3) is 4.93. The summed E-state index contributed by atoms with van der Waals surface area (Å²) in [6, 6.07) is 13.5. The lowest BCUT2D eigenvalue weighted by Crippen LogP contribution is -2.31. The van der Waals surface area contributed by atoms with E-state index in [1.807, 2.05) is 6.07 Å². The zero-order valence-electron chi connectivity index (χ0n) is 16.5. The van der Waals surface area contributed by atoms with Crippen molar-refractivity contribution in [2.45, 2.75) is 25.3 Å². The van der Waals surface area contributed by atoms with Crippen molar-refractivity contribution in [1.82, 2.24) is 5.32 Å². The molecule has 1 N–H and O–H groups in total. The van der Waals surface area contributed by atoms with Gasteiger partial charge in [-0.05, 0) is 42.3 Å². The third-order valence-electron chi connectivity index (χ3n) is 4.92. The molecular formula is C22H24N2O5. The van der Waals surface area contributed by atoms with Crippen LogP contribution in [0.3, 0.4) is 0 Å². The van der Waals surface area contributed by atoms with Crippen molar-refractivity contribution in [1.29, 1.82) is 0 Å². The Hall–Kier alpha value is -3.35. The Labute approximate surface area is 169 Å². The molecule has 0 aromatic heterocycles. The highest BCUT2D eigenvalue weighted by molar-refractivity contribution is 5.99. The van der Waals surface area contributed by atoms with Gasteiger partial charge in [0.1, 0.15) is 5.75 Å². The van der Waals surface area contributed by atoms with Crippen LogP contribution in [0, 0.1) is 0 Å². The maximum Gasteiger partial charge on any atom is 0.307 e.